The Hall–Kier alpha value is -9.65. The molecule has 6 rings (SSSR count). The molecule has 2 aromatic carbocycles. The van der Waals surface area contributed by atoms with Crippen molar-refractivity contribution in [2.24, 2.45) is 33.8 Å². The van der Waals surface area contributed by atoms with Gasteiger partial charge in [-0.15, -0.1) is 0 Å². The van der Waals surface area contributed by atoms with Gasteiger partial charge in [0.1, 0.15) is 60.1 Å². The molecule has 0 radical (unpaired) electrons. The summed E-state index contributed by atoms with van der Waals surface area (Å²) in [6.07, 6.45) is 5.83. The Kier molecular flexibility index (Phi) is 26.4. The van der Waals surface area contributed by atoms with Crippen molar-refractivity contribution < 1.29 is 63.0 Å². The van der Waals surface area contributed by atoms with E-state index in [1.165, 1.54) is 41.7 Å². The maximum absolute atomic E-state index is 14.7. The molecule has 2 aliphatic heterocycles. The van der Waals surface area contributed by atoms with Gasteiger partial charge in [0.05, 0.1) is 19.5 Å². The number of aromatic amines is 2. The van der Waals surface area contributed by atoms with Gasteiger partial charge in [0.2, 0.25) is 65.0 Å². The van der Waals surface area contributed by atoms with Gasteiger partial charge in [-0.1, -0.05) is 44.2 Å². The van der Waals surface area contributed by atoms with E-state index in [0.29, 0.717) is 47.0 Å². The summed E-state index contributed by atoms with van der Waals surface area (Å²) in [5.74, 6) is -8.89. The third-order valence-corrected chi connectivity index (χ3v) is 15.2. The van der Waals surface area contributed by atoms with Crippen molar-refractivity contribution in [3.8, 4) is 5.75 Å². The summed E-state index contributed by atoms with van der Waals surface area (Å²) in [6, 6.07) is 0.871. The van der Waals surface area contributed by atoms with E-state index in [0.717, 1.165) is 0 Å². The number of carbonyl (C=O) groups is 11. The first-order valence-corrected chi connectivity index (χ1v) is 30.0. The molecule has 2 saturated heterocycles. The monoisotopic (exact) mass is 1250 g/mol. The molecule has 90 heavy (non-hydrogen) atoms. The number of phenols is 1. The van der Waals surface area contributed by atoms with E-state index in [1.807, 2.05) is 0 Å². The molecule has 2 aliphatic rings. The van der Waals surface area contributed by atoms with Gasteiger partial charge in [0, 0.05) is 67.8 Å². The number of rotatable bonds is 35. The molecule has 21 N–H and O–H groups in total. The first-order valence-electron chi connectivity index (χ1n) is 30.0. The van der Waals surface area contributed by atoms with Crippen LogP contribution in [-0.4, -0.2) is 188 Å². The van der Waals surface area contributed by atoms with E-state index in [4.69, 9.17) is 22.9 Å². The average Bonchev–Trinajstić information content (AvgIpc) is 3.74. The Morgan fingerprint density at radius 1 is 0.700 bits per heavy atom. The third kappa shape index (κ3) is 21.0. The topological polar surface area (TPSA) is 501 Å². The summed E-state index contributed by atoms with van der Waals surface area (Å²) in [4.78, 5) is 167. The van der Waals surface area contributed by atoms with Crippen LogP contribution in [0.2, 0.25) is 0 Å². The van der Waals surface area contributed by atoms with Gasteiger partial charge in [0.15, 0.2) is 5.96 Å². The maximum atomic E-state index is 14.7. The van der Waals surface area contributed by atoms with E-state index < -0.39 is 127 Å². The summed E-state index contributed by atoms with van der Waals surface area (Å²) >= 11 is 0. The smallest absolute Gasteiger partial charge is 0.245 e. The Labute approximate surface area is 519 Å². The molecule has 0 bridgehead atoms. The molecular formula is C59H84N18O13. The molecule has 0 aliphatic carbocycles. The number of aliphatic imine (C=N–C) groups is 1. The molecule has 11 amide bonds. The van der Waals surface area contributed by atoms with Crippen molar-refractivity contribution in [1.29, 1.82) is 0 Å². The zero-order valence-corrected chi connectivity index (χ0v) is 50.4. The number of hydrogen-bond acceptors (Lipinski definition) is 16. The number of unbranched alkanes of at least 4 members (excludes halogenated alkanes) is 1. The van der Waals surface area contributed by atoms with Gasteiger partial charge < -0.3 is 95.9 Å². The first-order chi connectivity index (χ1) is 43.0. The number of nitrogens with two attached hydrogens (primary N) is 4. The second-order valence-electron chi connectivity index (χ2n) is 22.7. The molecule has 2 aromatic heterocycles. The first kappa shape index (κ1) is 69.5. The lowest BCUT2D eigenvalue weighted by molar-refractivity contribution is -0.142. The van der Waals surface area contributed by atoms with E-state index in [2.05, 4.69) is 67.8 Å². The number of nitrogens with one attached hydrogen (secondary N) is 11. The van der Waals surface area contributed by atoms with Crippen LogP contribution in [-0.2, 0) is 72.0 Å². The molecular weight excluding hydrogens is 1170 g/mol. The number of phenolic OH excluding ortho intramolecular Hbond substituents is 1. The minimum atomic E-state index is -1.78. The van der Waals surface area contributed by atoms with Crippen molar-refractivity contribution >= 4 is 81.8 Å². The van der Waals surface area contributed by atoms with Crippen molar-refractivity contribution in [3.05, 3.63) is 84.1 Å². The van der Waals surface area contributed by atoms with Crippen molar-refractivity contribution in [2.75, 3.05) is 32.8 Å². The number of benzene rings is 2. The predicted molar refractivity (Wildman–Crippen MR) is 327 cm³/mol. The number of aromatic nitrogens is 3. The normalized spacial score (nSPS) is 16.9. The summed E-state index contributed by atoms with van der Waals surface area (Å²) in [5, 5.41) is 45.3. The van der Waals surface area contributed by atoms with Crippen LogP contribution in [0.25, 0.3) is 10.9 Å². The van der Waals surface area contributed by atoms with Crippen LogP contribution in [0.1, 0.15) is 94.9 Å². The summed E-state index contributed by atoms with van der Waals surface area (Å²) in [7, 11) is 0. The van der Waals surface area contributed by atoms with Gasteiger partial charge in [-0.05, 0) is 99.6 Å². The van der Waals surface area contributed by atoms with Crippen LogP contribution in [0, 0.1) is 5.92 Å². The van der Waals surface area contributed by atoms with Crippen LogP contribution in [0.5, 0.6) is 5.75 Å². The van der Waals surface area contributed by atoms with Gasteiger partial charge in [0.25, 0.3) is 0 Å². The lowest BCUT2D eigenvalue weighted by Gasteiger charge is -2.30. The zero-order valence-electron chi connectivity index (χ0n) is 50.4. The number of aromatic hydroxyl groups is 1. The summed E-state index contributed by atoms with van der Waals surface area (Å²) in [6.45, 7) is 2.57. The van der Waals surface area contributed by atoms with Crippen LogP contribution < -0.4 is 70.8 Å². The molecule has 9 atom stereocenters. The highest BCUT2D eigenvalue weighted by Gasteiger charge is 2.40. The van der Waals surface area contributed by atoms with E-state index in [-0.39, 0.29) is 107 Å². The number of primary amides is 1. The Morgan fingerprint density at radius 3 is 1.94 bits per heavy atom. The SMILES string of the molecule is CC(C)C[C@H](NC(=O)[C@@H](CCCCN)NC(=O)[C@H](Cc1ccc(O)cc1)NC(=O)[C@H](CO)NC(=O)[C@H](Cc1c[nH]c2ccccc12)NC(=O)[C@H](Cc1cnc[nH]1)NC(=O)C1CCC(=O)N1)C(=O)N[C@@H](CCCN=C(N)N)C(=O)N1CCC[C@@H]1C(=O)NCC(N)=O. The Bertz CT molecular complexity index is 3170. The van der Waals surface area contributed by atoms with Gasteiger partial charge in [-0.2, -0.15) is 0 Å². The van der Waals surface area contributed by atoms with E-state index in [1.54, 1.807) is 44.3 Å². The predicted octanol–water partition coefficient (Wildman–Crippen LogP) is -3.89. The second kappa shape index (κ2) is 34.2. The minimum absolute atomic E-state index is 0.00338. The number of nitrogens with zero attached hydrogens (tertiary/aromatic N) is 3. The summed E-state index contributed by atoms with van der Waals surface area (Å²) in [5.41, 5.74) is 24.3. The standard InChI is InChI=1S/C59H84N18O13/c1-32(2)23-42(52(84)71-41(12-7-21-65-59(62)63)58(90)77-22-8-13-47(77)57(89)67-29-48(61)80)72-50(82)39(11-5-6-20-60)70-53(85)43(24-33-14-16-36(79)17-15-33)73-56(88)46(30-78)76-54(86)44(25-34-27-66-38-10-4-3-9-37(34)38)74-55(87)45(26-35-28-64-31-68-35)75-51(83)40-18-19-49(81)69-40/h3-4,9-10,14-17,27-28,31-32,39-47,66,78-79H,5-8,11-13,18-26,29-30,60H2,1-2H3,(H2,61,80)(H,64,68)(H,67,89)(H,69,81)(H,70,85)(H,71,84)(H,72,82)(H,73,88)(H,74,87)(H,75,83)(H,76,86)(H4,62,63,65)/t39-,40?,41+,42+,43+,44+,45+,46+,47-/m1/s1. The number of amides is 11. The van der Waals surface area contributed by atoms with Crippen molar-refractivity contribution in [2.45, 2.75) is 152 Å². The largest absolute Gasteiger partial charge is 0.508 e. The number of fused-ring (bicyclic) bond motifs is 1. The molecule has 31 nitrogen and oxygen atoms in total. The molecule has 2 fully saturated rings. The number of guanidine groups is 1. The van der Waals surface area contributed by atoms with Crippen molar-refractivity contribution in [1.82, 2.24) is 67.7 Å². The third-order valence-electron chi connectivity index (χ3n) is 15.2. The molecule has 0 saturated carbocycles. The summed E-state index contributed by atoms with van der Waals surface area (Å²) < 4.78 is 0. The highest BCUT2D eigenvalue weighted by Crippen LogP contribution is 2.22. The fraction of sp³-hybridized carbons (Fsp3) is 0.508. The lowest BCUT2D eigenvalue weighted by atomic mass is 10.00. The number of para-hydroxylation sites is 1. The number of hydrogen-bond donors (Lipinski definition) is 17. The molecule has 4 aromatic rings. The van der Waals surface area contributed by atoms with Crippen LogP contribution in [0.15, 0.2) is 72.2 Å². The molecule has 0 spiro atoms. The Balaban J connectivity index is 1.23. The fourth-order valence-corrected chi connectivity index (χ4v) is 10.6. The number of likely N-dealkylation sites (tertiary alicyclic amines) is 1. The van der Waals surface area contributed by atoms with E-state index >= 15 is 0 Å². The molecule has 488 valence electrons. The van der Waals surface area contributed by atoms with E-state index in [9.17, 15) is 63.0 Å². The quantitative estimate of drug-likeness (QED) is 0.0119. The molecule has 31 heteroatoms. The zero-order chi connectivity index (χ0) is 65.4. The number of H-pyrrole nitrogens is 2. The molecule has 4 heterocycles. The number of carbonyl (C=O) groups excluding carboxylic acids is 11. The van der Waals surface area contributed by atoms with Gasteiger partial charge in [-0.25, -0.2) is 4.98 Å². The van der Waals surface area contributed by atoms with Gasteiger partial charge in [-0.3, -0.25) is 57.7 Å². The van der Waals surface area contributed by atoms with Gasteiger partial charge >= 0.3 is 0 Å². The van der Waals surface area contributed by atoms with Crippen molar-refractivity contribution in [3.63, 3.8) is 0 Å². The Morgan fingerprint density at radius 2 is 1.31 bits per heavy atom. The highest BCUT2D eigenvalue weighted by atomic mass is 16.3. The average molecular weight is 1250 g/mol. The fourth-order valence-electron chi connectivity index (χ4n) is 10.6. The van der Waals surface area contributed by atoms with Crippen LogP contribution >= 0.6 is 0 Å². The number of imidazole rings is 1. The highest BCUT2D eigenvalue weighted by molar-refractivity contribution is 6.00. The lowest BCUT2D eigenvalue weighted by Crippen LogP contribution is -2.61. The number of aliphatic hydroxyl groups excluding tert-OH is 1. The van der Waals surface area contributed by atoms with Crippen LogP contribution in [0.3, 0.4) is 0 Å². The second-order valence-corrected chi connectivity index (χ2v) is 22.7. The van der Waals surface area contributed by atoms with Crippen LogP contribution in [0.4, 0.5) is 0 Å². The minimum Gasteiger partial charge on any atom is -0.508 e. The number of aliphatic hydroxyl groups is 1. The molecule has 1 unspecified atom stereocenters. The maximum Gasteiger partial charge on any atom is 0.245 e.